The van der Waals surface area contributed by atoms with Crippen LogP contribution in [0.25, 0.3) is 11.1 Å². The van der Waals surface area contributed by atoms with Gasteiger partial charge in [0.1, 0.15) is 54.0 Å². The fourth-order valence-electron chi connectivity index (χ4n) is 6.02. The maximum absolute atomic E-state index is 11.5. The van der Waals surface area contributed by atoms with Crippen LogP contribution in [0.1, 0.15) is 53.0 Å². The first kappa shape index (κ1) is 28.1. The monoisotopic (exact) mass is 636 g/mol. The number of benzene rings is 3. The quantitative estimate of drug-likeness (QED) is 0.234. The summed E-state index contributed by atoms with van der Waals surface area (Å²) < 4.78 is 48.9. The SMILES string of the molecule is [2H]C([2H])([2H])C1=C(c2ccc(O[C@@H]3O[C@H](C(=O)O)[C@@H](O)[C@H](O)[C@H]3O)cc2)[C@H](c2ccc(OCCN3CCCCC3)cc2)Oc2cc(O)ccc21. The van der Waals surface area contributed by atoms with Gasteiger partial charge in [0.15, 0.2) is 6.10 Å². The van der Waals surface area contributed by atoms with E-state index < -0.39 is 49.6 Å². The summed E-state index contributed by atoms with van der Waals surface area (Å²) in [5.41, 5.74) is 1.78. The van der Waals surface area contributed by atoms with Crippen molar-refractivity contribution >= 4 is 17.1 Å². The van der Waals surface area contributed by atoms with Crippen LogP contribution >= 0.6 is 0 Å². The van der Waals surface area contributed by atoms with Crippen LogP contribution in [0.15, 0.2) is 66.7 Å². The number of aliphatic hydroxyl groups is 3. The van der Waals surface area contributed by atoms with E-state index in [2.05, 4.69) is 4.90 Å². The zero-order valence-corrected chi connectivity index (χ0v) is 25.0. The average molecular weight is 637 g/mol. The molecule has 0 spiro atoms. The first-order valence-electron chi connectivity index (χ1n) is 16.8. The highest BCUT2D eigenvalue weighted by atomic mass is 16.7. The van der Waals surface area contributed by atoms with Gasteiger partial charge in [0.05, 0.1) is 0 Å². The smallest absolute Gasteiger partial charge is 0.335 e. The van der Waals surface area contributed by atoms with Crippen molar-refractivity contribution in [2.75, 3.05) is 26.2 Å². The second-order valence-electron chi connectivity index (χ2n) is 11.7. The number of likely N-dealkylation sites (tertiary alicyclic amines) is 1. The van der Waals surface area contributed by atoms with Gasteiger partial charge >= 0.3 is 5.97 Å². The Kier molecular flexibility index (Phi) is 8.37. The molecule has 46 heavy (non-hydrogen) atoms. The molecule has 6 atom stereocenters. The zero-order valence-electron chi connectivity index (χ0n) is 28.0. The van der Waals surface area contributed by atoms with Crippen molar-refractivity contribution < 1.29 is 53.4 Å². The summed E-state index contributed by atoms with van der Waals surface area (Å²) in [5, 5.41) is 50.1. The van der Waals surface area contributed by atoms with E-state index in [-0.39, 0.29) is 22.8 Å². The second kappa shape index (κ2) is 13.7. The number of piperidine rings is 1. The Balaban J connectivity index is 1.30. The van der Waals surface area contributed by atoms with Gasteiger partial charge in [-0.25, -0.2) is 4.79 Å². The van der Waals surface area contributed by atoms with Gasteiger partial charge in [-0.1, -0.05) is 30.7 Å². The first-order valence-corrected chi connectivity index (χ1v) is 15.3. The van der Waals surface area contributed by atoms with Crippen molar-refractivity contribution in [3.05, 3.63) is 83.4 Å². The molecule has 0 aliphatic carbocycles. The van der Waals surface area contributed by atoms with Crippen LogP contribution < -0.4 is 14.2 Å². The Bertz CT molecular complexity index is 1660. The van der Waals surface area contributed by atoms with Crippen molar-refractivity contribution in [2.24, 2.45) is 0 Å². The topological polar surface area (TPSA) is 158 Å². The molecule has 2 fully saturated rings. The standard InChI is InChI=1S/C35H39NO10/c1-20-26-14-9-23(37)19-27(26)45-32(22-7-10-24(11-8-22)43-18-17-36-15-3-2-4-16-36)28(20)21-5-12-25(13-6-21)44-35-31(40)29(38)30(39)33(46-35)34(41)42/h5-14,19,29-33,35,37-40H,2-4,15-18H2,1H3,(H,41,42)/t29-,30-,31+,32-,33-,35+/m0/s1/i1D3. The number of aromatic hydroxyl groups is 1. The van der Waals surface area contributed by atoms with E-state index in [4.69, 9.17) is 23.1 Å². The predicted octanol–water partition coefficient (Wildman–Crippen LogP) is 3.59. The van der Waals surface area contributed by atoms with Crippen LogP contribution in [0.2, 0.25) is 0 Å². The number of nitrogens with zero attached hydrogens (tertiary/aromatic N) is 1. The van der Waals surface area contributed by atoms with E-state index in [9.17, 15) is 30.3 Å². The molecule has 0 amide bonds. The minimum absolute atomic E-state index is 0.0294. The number of carboxylic acid groups (broad SMARTS) is 1. The molecule has 5 N–H and O–H groups in total. The Hall–Kier alpha value is -4.13. The second-order valence-corrected chi connectivity index (χ2v) is 11.7. The fourth-order valence-corrected chi connectivity index (χ4v) is 6.02. The van der Waals surface area contributed by atoms with Crippen molar-refractivity contribution in [1.29, 1.82) is 0 Å². The number of phenols is 1. The Morgan fingerprint density at radius 3 is 2.35 bits per heavy atom. The number of hydrogen-bond acceptors (Lipinski definition) is 10. The Morgan fingerprint density at radius 1 is 0.935 bits per heavy atom. The molecule has 0 unspecified atom stereocenters. The Labute approximate surface area is 271 Å². The average Bonchev–Trinajstić information content (AvgIpc) is 3.08. The fraction of sp³-hybridized carbons (Fsp3) is 0.400. The third-order valence-corrected chi connectivity index (χ3v) is 8.55. The number of ether oxygens (including phenoxy) is 4. The van der Waals surface area contributed by atoms with Gasteiger partial charge in [-0.05, 0) is 85.9 Å². The number of hydrogen-bond donors (Lipinski definition) is 5. The van der Waals surface area contributed by atoms with Crippen LogP contribution in [0.5, 0.6) is 23.0 Å². The van der Waals surface area contributed by atoms with Crippen molar-refractivity contribution in [3.63, 3.8) is 0 Å². The van der Waals surface area contributed by atoms with Crippen molar-refractivity contribution in [3.8, 4) is 23.0 Å². The molecular weight excluding hydrogens is 594 g/mol. The molecule has 11 heteroatoms. The lowest BCUT2D eigenvalue weighted by molar-refractivity contribution is -0.271. The molecule has 2 saturated heterocycles. The number of carbonyl (C=O) groups is 1. The molecule has 3 aromatic carbocycles. The number of allylic oxidation sites excluding steroid dienone is 1. The van der Waals surface area contributed by atoms with Gasteiger partial charge in [-0.3, -0.25) is 4.90 Å². The predicted molar refractivity (Wildman–Crippen MR) is 168 cm³/mol. The lowest BCUT2D eigenvalue weighted by Crippen LogP contribution is -2.61. The van der Waals surface area contributed by atoms with Gasteiger partial charge in [-0.2, -0.15) is 0 Å². The molecule has 3 aliphatic heterocycles. The normalized spacial score (nSPS) is 27.8. The summed E-state index contributed by atoms with van der Waals surface area (Å²) in [6.45, 7) is 0.909. The van der Waals surface area contributed by atoms with Crippen LogP contribution in [-0.4, -0.2) is 93.3 Å². The van der Waals surface area contributed by atoms with E-state index in [1.54, 1.807) is 12.1 Å². The third-order valence-electron chi connectivity index (χ3n) is 8.55. The first-order chi connectivity index (χ1) is 23.4. The van der Waals surface area contributed by atoms with Crippen molar-refractivity contribution in [1.82, 2.24) is 4.90 Å². The zero-order chi connectivity index (χ0) is 34.9. The van der Waals surface area contributed by atoms with Crippen LogP contribution in [-0.2, 0) is 9.53 Å². The maximum atomic E-state index is 11.5. The highest BCUT2D eigenvalue weighted by Gasteiger charge is 2.48. The minimum Gasteiger partial charge on any atom is -0.508 e. The van der Waals surface area contributed by atoms with Crippen molar-refractivity contribution in [2.45, 2.75) is 62.9 Å². The summed E-state index contributed by atoms with van der Waals surface area (Å²) >= 11 is 0. The van der Waals surface area contributed by atoms with Gasteiger partial charge in [0.25, 0.3) is 0 Å². The van der Waals surface area contributed by atoms with Gasteiger partial charge in [0.2, 0.25) is 6.29 Å². The van der Waals surface area contributed by atoms with Crippen LogP contribution in [0, 0.1) is 0 Å². The molecule has 0 saturated carbocycles. The van der Waals surface area contributed by atoms with E-state index in [1.165, 1.54) is 49.6 Å². The number of aliphatic hydroxyl groups excluding tert-OH is 3. The summed E-state index contributed by atoms with van der Waals surface area (Å²) in [6.07, 6.45) is -6.16. The molecule has 0 radical (unpaired) electrons. The Morgan fingerprint density at radius 2 is 1.65 bits per heavy atom. The summed E-state index contributed by atoms with van der Waals surface area (Å²) in [5.74, 6) is -0.646. The summed E-state index contributed by atoms with van der Waals surface area (Å²) in [7, 11) is 0. The van der Waals surface area contributed by atoms with E-state index >= 15 is 0 Å². The number of phenolic OH excluding ortho intramolecular Hbond substituents is 1. The van der Waals surface area contributed by atoms with E-state index in [0.717, 1.165) is 19.6 Å². The number of carboxylic acids is 1. The number of fused-ring (bicyclic) bond motifs is 1. The van der Waals surface area contributed by atoms with E-state index in [1.807, 2.05) is 24.3 Å². The molecule has 6 rings (SSSR count). The highest BCUT2D eigenvalue weighted by Crippen LogP contribution is 2.47. The molecule has 0 aromatic heterocycles. The molecular formula is C35H39NO10. The lowest BCUT2D eigenvalue weighted by atomic mass is 9.86. The molecule has 3 heterocycles. The summed E-state index contributed by atoms with van der Waals surface area (Å²) in [6, 6.07) is 17.6. The minimum atomic E-state index is -2.60. The highest BCUT2D eigenvalue weighted by molar-refractivity contribution is 5.95. The number of rotatable bonds is 9. The molecule has 3 aromatic rings. The largest absolute Gasteiger partial charge is 0.508 e. The van der Waals surface area contributed by atoms with Crippen LogP contribution in [0.4, 0.5) is 0 Å². The molecule has 244 valence electrons. The molecule has 0 bridgehead atoms. The third kappa shape index (κ3) is 6.69. The molecule has 3 aliphatic rings. The van der Waals surface area contributed by atoms with E-state index in [0.29, 0.717) is 34.6 Å². The van der Waals surface area contributed by atoms with Crippen LogP contribution in [0.3, 0.4) is 0 Å². The maximum Gasteiger partial charge on any atom is 0.335 e. The number of aliphatic carboxylic acids is 1. The van der Waals surface area contributed by atoms with Gasteiger partial charge in [-0.15, -0.1) is 0 Å². The summed E-state index contributed by atoms with van der Waals surface area (Å²) in [4.78, 5) is 13.9. The van der Waals surface area contributed by atoms with Gasteiger partial charge < -0.3 is 44.5 Å². The molecule has 11 nitrogen and oxygen atoms in total. The lowest BCUT2D eigenvalue weighted by Gasteiger charge is -2.38. The van der Waals surface area contributed by atoms with Gasteiger partial charge in [0, 0.05) is 27.9 Å².